The maximum Gasteiger partial charge on any atom is 0.490 e. The smallest absolute Gasteiger partial charge is 0.475 e. The van der Waals surface area contributed by atoms with E-state index in [0.717, 1.165) is 16.7 Å². The molecule has 9 nitrogen and oxygen atoms in total. The third-order valence-corrected chi connectivity index (χ3v) is 7.41. The lowest BCUT2D eigenvalue weighted by Gasteiger charge is -2.42. The Bertz CT molecular complexity index is 1400. The fourth-order valence-corrected chi connectivity index (χ4v) is 5.38. The van der Waals surface area contributed by atoms with Crippen molar-refractivity contribution in [1.82, 2.24) is 14.8 Å². The number of carbonyl (C=O) groups is 3. The predicted octanol–water partition coefficient (Wildman–Crippen LogP) is 4.95. The zero-order chi connectivity index (χ0) is 33.4. The Morgan fingerprint density at radius 1 is 0.978 bits per heavy atom. The number of hydrogen-bond donors (Lipinski definition) is 2. The van der Waals surface area contributed by atoms with E-state index in [4.69, 9.17) is 24.5 Å². The largest absolute Gasteiger partial charge is 0.490 e. The molecule has 2 fully saturated rings. The van der Waals surface area contributed by atoms with Gasteiger partial charge in [0, 0.05) is 51.0 Å². The van der Waals surface area contributed by atoms with Crippen molar-refractivity contribution in [3.8, 4) is 0 Å². The number of halogens is 7. The first-order valence-electron chi connectivity index (χ1n) is 12.9. The van der Waals surface area contributed by atoms with Gasteiger partial charge in [-0.15, -0.1) is 0 Å². The topological polar surface area (TPSA) is 120 Å². The number of carbonyl (C=O) groups excluding carboxylic acids is 1. The standard InChI is InChI=1S/C24H24FN3O2S.2C2HF3O2/c25-21-5-3-18(4-6-21)13-27-15-22(20-2-1-8-26-12-20)24(17-27)23(29)28(9-10-30-24)14-19-7-11-31-16-19;2*3-2(4,5)1(6)7/h1-8,11-12,16,22H,9-10,13-15,17H2;2*(H,6,7). The van der Waals surface area contributed by atoms with Crippen LogP contribution in [-0.4, -0.2) is 87.0 Å². The number of benzene rings is 1. The van der Waals surface area contributed by atoms with Crippen LogP contribution in [0.4, 0.5) is 30.7 Å². The van der Waals surface area contributed by atoms with E-state index in [-0.39, 0.29) is 17.6 Å². The van der Waals surface area contributed by atoms with Gasteiger partial charge in [-0.1, -0.05) is 18.2 Å². The molecule has 1 amide bonds. The van der Waals surface area contributed by atoms with Crippen molar-refractivity contribution >= 4 is 29.2 Å². The summed E-state index contributed by atoms with van der Waals surface area (Å²) in [5.74, 6) is -5.83. The van der Waals surface area contributed by atoms with Gasteiger partial charge in [-0.2, -0.15) is 37.7 Å². The van der Waals surface area contributed by atoms with Crippen LogP contribution in [0.3, 0.4) is 0 Å². The summed E-state index contributed by atoms with van der Waals surface area (Å²) < 4.78 is 83.1. The van der Waals surface area contributed by atoms with E-state index < -0.39 is 29.9 Å². The van der Waals surface area contributed by atoms with E-state index in [1.165, 1.54) is 12.1 Å². The number of aromatic nitrogens is 1. The minimum atomic E-state index is -5.08. The normalized spacial score (nSPS) is 20.2. The zero-order valence-corrected chi connectivity index (χ0v) is 23.9. The third-order valence-electron chi connectivity index (χ3n) is 6.68. The fraction of sp³-hybridized carbons (Fsp3) is 0.357. The zero-order valence-electron chi connectivity index (χ0n) is 23.1. The van der Waals surface area contributed by atoms with Gasteiger partial charge in [0.15, 0.2) is 5.60 Å². The Labute approximate surface area is 255 Å². The number of rotatable bonds is 5. The van der Waals surface area contributed by atoms with Gasteiger partial charge in [-0.3, -0.25) is 14.7 Å². The number of pyridine rings is 1. The summed E-state index contributed by atoms with van der Waals surface area (Å²) in [7, 11) is 0. The highest BCUT2D eigenvalue weighted by Crippen LogP contribution is 2.42. The van der Waals surface area contributed by atoms with Gasteiger partial charge in [-0.25, -0.2) is 14.0 Å². The molecule has 1 spiro atoms. The molecule has 0 aliphatic carbocycles. The first-order chi connectivity index (χ1) is 21.0. The van der Waals surface area contributed by atoms with E-state index in [1.54, 1.807) is 29.7 Å². The van der Waals surface area contributed by atoms with Crippen LogP contribution in [0, 0.1) is 5.82 Å². The van der Waals surface area contributed by atoms with Crippen LogP contribution in [0.15, 0.2) is 65.6 Å². The van der Waals surface area contributed by atoms with E-state index in [2.05, 4.69) is 21.3 Å². The molecule has 45 heavy (non-hydrogen) atoms. The van der Waals surface area contributed by atoms with Gasteiger partial charge in [0.2, 0.25) is 0 Å². The number of hydrogen-bond acceptors (Lipinski definition) is 7. The molecule has 4 heterocycles. The first kappa shape index (κ1) is 35.4. The van der Waals surface area contributed by atoms with Gasteiger partial charge in [-0.05, 0) is 51.7 Å². The Morgan fingerprint density at radius 2 is 1.60 bits per heavy atom. The summed E-state index contributed by atoms with van der Waals surface area (Å²) in [4.78, 5) is 40.1. The SMILES string of the molecule is O=C(O)C(F)(F)F.O=C(O)C(F)(F)F.O=C1N(Cc2ccsc2)CCOC12CN(Cc1ccc(F)cc1)CC2c1cccnc1. The molecule has 0 bridgehead atoms. The van der Waals surface area contributed by atoms with Gasteiger partial charge in [0.25, 0.3) is 5.91 Å². The number of amides is 1. The average Bonchev–Trinajstić information content (AvgIpc) is 3.61. The lowest BCUT2D eigenvalue weighted by molar-refractivity contribution is -0.193. The molecule has 2 aromatic heterocycles. The van der Waals surface area contributed by atoms with Crippen molar-refractivity contribution in [2.24, 2.45) is 0 Å². The Hall–Kier alpha value is -4.09. The second kappa shape index (κ2) is 14.8. The highest BCUT2D eigenvalue weighted by molar-refractivity contribution is 7.07. The van der Waals surface area contributed by atoms with Crippen molar-refractivity contribution in [2.75, 3.05) is 26.2 Å². The van der Waals surface area contributed by atoms with Gasteiger partial charge >= 0.3 is 24.3 Å². The molecule has 1 aromatic carbocycles. The average molecular weight is 666 g/mol. The first-order valence-corrected chi connectivity index (χ1v) is 13.9. The van der Waals surface area contributed by atoms with E-state index in [1.807, 2.05) is 28.6 Å². The molecule has 2 atom stereocenters. The molecule has 0 saturated carbocycles. The van der Waals surface area contributed by atoms with Crippen molar-refractivity contribution in [1.29, 1.82) is 0 Å². The van der Waals surface area contributed by atoms with Crippen LogP contribution in [0.2, 0.25) is 0 Å². The maximum absolute atomic E-state index is 13.8. The Morgan fingerprint density at radius 3 is 2.11 bits per heavy atom. The molecule has 2 aliphatic heterocycles. The number of carboxylic acid groups (broad SMARTS) is 2. The summed E-state index contributed by atoms with van der Waals surface area (Å²) in [6.07, 6.45) is -6.59. The Kier molecular flexibility index (Phi) is 11.6. The fourth-order valence-electron chi connectivity index (χ4n) is 4.72. The number of morpholine rings is 1. The van der Waals surface area contributed by atoms with Gasteiger partial charge < -0.3 is 19.8 Å². The van der Waals surface area contributed by atoms with Gasteiger partial charge in [0.05, 0.1) is 6.61 Å². The van der Waals surface area contributed by atoms with Crippen molar-refractivity contribution in [3.05, 3.63) is 88.1 Å². The highest BCUT2D eigenvalue weighted by atomic mass is 32.1. The lowest BCUT2D eigenvalue weighted by Crippen LogP contribution is -2.59. The quantitative estimate of drug-likeness (QED) is 0.368. The van der Waals surface area contributed by atoms with Crippen LogP contribution < -0.4 is 0 Å². The number of thiophene rings is 1. The van der Waals surface area contributed by atoms with Crippen molar-refractivity contribution in [2.45, 2.75) is 37.0 Å². The summed E-state index contributed by atoms with van der Waals surface area (Å²) in [6, 6.07) is 12.5. The maximum atomic E-state index is 13.8. The minimum absolute atomic E-state index is 0.0420. The molecule has 2 aliphatic rings. The van der Waals surface area contributed by atoms with E-state index in [9.17, 15) is 35.5 Å². The van der Waals surface area contributed by atoms with Crippen LogP contribution >= 0.6 is 11.3 Å². The van der Waals surface area contributed by atoms with Crippen molar-refractivity contribution < 1.29 is 60.1 Å². The third kappa shape index (κ3) is 9.70. The highest BCUT2D eigenvalue weighted by Gasteiger charge is 2.57. The molecular weight excluding hydrogens is 639 g/mol. The number of carboxylic acids is 2. The molecule has 2 saturated heterocycles. The molecule has 2 unspecified atom stereocenters. The minimum Gasteiger partial charge on any atom is -0.475 e. The molecule has 244 valence electrons. The van der Waals surface area contributed by atoms with E-state index in [0.29, 0.717) is 39.3 Å². The summed E-state index contributed by atoms with van der Waals surface area (Å²) in [5.41, 5.74) is 2.24. The number of aliphatic carboxylic acids is 2. The molecular formula is C28H26F7N3O6S. The van der Waals surface area contributed by atoms with Crippen LogP contribution in [0.5, 0.6) is 0 Å². The summed E-state index contributed by atoms with van der Waals surface area (Å²) in [5, 5.41) is 18.4. The molecule has 3 aromatic rings. The monoisotopic (exact) mass is 665 g/mol. The summed E-state index contributed by atoms with van der Waals surface area (Å²) in [6.45, 7) is 3.53. The number of likely N-dealkylation sites (tertiary alicyclic amines) is 1. The van der Waals surface area contributed by atoms with Crippen LogP contribution in [-0.2, 0) is 32.2 Å². The predicted molar refractivity (Wildman–Crippen MR) is 144 cm³/mol. The van der Waals surface area contributed by atoms with Gasteiger partial charge in [0.1, 0.15) is 5.82 Å². The Balaban J connectivity index is 0.000000331. The number of ether oxygens (including phenoxy) is 1. The molecule has 0 radical (unpaired) electrons. The number of nitrogens with zero attached hydrogens (tertiary/aromatic N) is 3. The summed E-state index contributed by atoms with van der Waals surface area (Å²) >= 11 is 1.64. The molecule has 2 N–H and O–H groups in total. The van der Waals surface area contributed by atoms with Crippen LogP contribution in [0.25, 0.3) is 0 Å². The number of alkyl halides is 6. The van der Waals surface area contributed by atoms with E-state index >= 15 is 0 Å². The lowest BCUT2D eigenvalue weighted by atomic mass is 9.83. The second-order valence-electron chi connectivity index (χ2n) is 9.84. The second-order valence-corrected chi connectivity index (χ2v) is 10.6. The van der Waals surface area contributed by atoms with Crippen molar-refractivity contribution in [3.63, 3.8) is 0 Å². The van der Waals surface area contributed by atoms with Crippen LogP contribution in [0.1, 0.15) is 22.6 Å². The molecule has 17 heteroatoms. The molecule has 5 rings (SSSR count).